The maximum atomic E-state index is 12.8. The Morgan fingerprint density at radius 1 is 1.13 bits per heavy atom. The van der Waals surface area contributed by atoms with Crippen molar-refractivity contribution in [3.8, 4) is 17.2 Å². The number of amides is 2. The predicted octanol–water partition coefficient (Wildman–Crippen LogP) is 1.57. The van der Waals surface area contributed by atoms with Gasteiger partial charge in [0.05, 0.1) is 14.2 Å². The molecule has 0 spiro atoms. The number of nitrogens with zero attached hydrogens (tertiary/aromatic N) is 1. The molecule has 2 aromatic carbocycles. The summed E-state index contributed by atoms with van der Waals surface area (Å²) in [5.41, 5.74) is 6.78. The number of carbonyl (C=O) groups is 2. The molecule has 3 N–H and O–H groups in total. The average Bonchev–Trinajstić information content (AvgIpc) is 3.18. The van der Waals surface area contributed by atoms with E-state index < -0.39 is 5.91 Å². The second kappa shape index (κ2) is 9.98. The lowest BCUT2D eigenvalue weighted by Gasteiger charge is -2.18. The Hall–Kier alpha value is -3.26. The standard InChI is InChI=1S/C22H27N3O5/c1-28-18-10-16(11-19(29-2)21(18)30-14-20(23)26)22(27)24-17-8-9-25(13-17)12-15-6-4-3-5-7-15/h3-7,10-11,17H,8-9,12-14H2,1-2H3,(H2,23,26)(H,24,27)/t17-/m0/s1. The van der Waals surface area contributed by atoms with E-state index in [-0.39, 0.29) is 35.8 Å². The number of rotatable bonds is 9. The van der Waals surface area contributed by atoms with E-state index in [1.807, 2.05) is 18.2 Å². The van der Waals surface area contributed by atoms with Gasteiger partial charge in [-0.3, -0.25) is 14.5 Å². The number of hydrogen-bond donors (Lipinski definition) is 2. The number of benzene rings is 2. The minimum absolute atomic E-state index is 0.0593. The van der Waals surface area contributed by atoms with Crippen LogP contribution in [-0.4, -0.2) is 56.7 Å². The van der Waals surface area contributed by atoms with Gasteiger partial charge in [-0.1, -0.05) is 30.3 Å². The molecule has 1 saturated heterocycles. The second-order valence-corrected chi connectivity index (χ2v) is 7.14. The van der Waals surface area contributed by atoms with E-state index in [4.69, 9.17) is 19.9 Å². The molecule has 0 bridgehead atoms. The van der Waals surface area contributed by atoms with Crippen molar-refractivity contribution in [3.05, 3.63) is 53.6 Å². The molecule has 1 heterocycles. The summed E-state index contributed by atoms with van der Waals surface area (Å²) in [6.07, 6.45) is 0.882. The van der Waals surface area contributed by atoms with E-state index in [9.17, 15) is 9.59 Å². The van der Waals surface area contributed by atoms with Crippen molar-refractivity contribution < 1.29 is 23.8 Å². The van der Waals surface area contributed by atoms with Crippen LogP contribution in [-0.2, 0) is 11.3 Å². The van der Waals surface area contributed by atoms with Gasteiger partial charge in [-0.2, -0.15) is 0 Å². The highest BCUT2D eigenvalue weighted by molar-refractivity contribution is 5.96. The zero-order valence-corrected chi connectivity index (χ0v) is 17.2. The van der Waals surface area contributed by atoms with Crippen molar-refractivity contribution in [1.29, 1.82) is 0 Å². The summed E-state index contributed by atoms with van der Waals surface area (Å²) in [7, 11) is 2.90. The first-order valence-electron chi connectivity index (χ1n) is 9.74. The number of ether oxygens (including phenoxy) is 3. The van der Waals surface area contributed by atoms with Gasteiger partial charge in [-0.15, -0.1) is 0 Å². The first-order valence-corrected chi connectivity index (χ1v) is 9.74. The van der Waals surface area contributed by atoms with Gasteiger partial charge in [0, 0.05) is 31.2 Å². The lowest BCUT2D eigenvalue weighted by atomic mass is 10.1. The van der Waals surface area contributed by atoms with Crippen LogP contribution in [0.2, 0.25) is 0 Å². The summed E-state index contributed by atoms with van der Waals surface area (Å²) in [5, 5.41) is 3.08. The number of likely N-dealkylation sites (tertiary alicyclic amines) is 1. The molecule has 0 aliphatic carbocycles. The number of methoxy groups -OCH3 is 2. The molecule has 2 aromatic rings. The SMILES string of the molecule is COc1cc(C(=O)N[C@H]2CCN(Cc3ccccc3)C2)cc(OC)c1OCC(N)=O. The van der Waals surface area contributed by atoms with Crippen LogP contribution in [0.25, 0.3) is 0 Å². The van der Waals surface area contributed by atoms with Gasteiger partial charge in [-0.25, -0.2) is 0 Å². The van der Waals surface area contributed by atoms with Crippen LogP contribution in [0.1, 0.15) is 22.3 Å². The number of carbonyl (C=O) groups excluding carboxylic acids is 2. The molecule has 2 amide bonds. The largest absolute Gasteiger partial charge is 0.493 e. The van der Waals surface area contributed by atoms with Gasteiger partial charge in [0.15, 0.2) is 18.1 Å². The van der Waals surface area contributed by atoms with E-state index in [0.717, 1.165) is 26.1 Å². The number of hydrogen-bond acceptors (Lipinski definition) is 6. The Morgan fingerprint density at radius 2 is 1.80 bits per heavy atom. The molecule has 0 radical (unpaired) electrons. The Morgan fingerprint density at radius 3 is 2.40 bits per heavy atom. The third-order valence-corrected chi connectivity index (χ3v) is 4.94. The summed E-state index contributed by atoms with van der Waals surface area (Å²) in [4.78, 5) is 26.2. The van der Waals surface area contributed by atoms with Gasteiger partial charge in [0.1, 0.15) is 0 Å². The summed E-state index contributed by atoms with van der Waals surface area (Å²) >= 11 is 0. The maximum Gasteiger partial charge on any atom is 0.255 e. The van der Waals surface area contributed by atoms with E-state index in [1.54, 1.807) is 12.1 Å². The zero-order valence-electron chi connectivity index (χ0n) is 17.2. The van der Waals surface area contributed by atoms with E-state index >= 15 is 0 Å². The highest BCUT2D eigenvalue weighted by atomic mass is 16.5. The summed E-state index contributed by atoms with van der Waals surface area (Å²) < 4.78 is 16.0. The molecule has 1 aliphatic heterocycles. The van der Waals surface area contributed by atoms with Crippen LogP contribution in [0.4, 0.5) is 0 Å². The first kappa shape index (κ1) is 21.4. The molecule has 1 atom stereocenters. The Kier molecular flexibility index (Phi) is 7.13. The van der Waals surface area contributed by atoms with Crippen molar-refractivity contribution in [2.75, 3.05) is 33.9 Å². The van der Waals surface area contributed by atoms with Crippen LogP contribution < -0.4 is 25.3 Å². The number of nitrogens with one attached hydrogen (secondary N) is 1. The quantitative estimate of drug-likeness (QED) is 0.647. The molecule has 160 valence electrons. The molecule has 0 saturated carbocycles. The van der Waals surface area contributed by atoms with Crippen molar-refractivity contribution in [2.45, 2.75) is 19.0 Å². The van der Waals surface area contributed by atoms with Crippen LogP contribution in [0.5, 0.6) is 17.2 Å². The van der Waals surface area contributed by atoms with E-state index in [1.165, 1.54) is 19.8 Å². The van der Waals surface area contributed by atoms with Gasteiger partial charge in [-0.05, 0) is 24.1 Å². The van der Waals surface area contributed by atoms with Crippen LogP contribution >= 0.6 is 0 Å². The number of primary amides is 1. The van der Waals surface area contributed by atoms with Gasteiger partial charge >= 0.3 is 0 Å². The lowest BCUT2D eigenvalue weighted by molar-refractivity contribution is -0.120. The highest BCUT2D eigenvalue weighted by Crippen LogP contribution is 2.38. The van der Waals surface area contributed by atoms with E-state index in [2.05, 4.69) is 22.3 Å². The fourth-order valence-corrected chi connectivity index (χ4v) is 3.50. The molecule has 0 unspecified atom stereocenters. The van der Waals surface area contributed by atoms with Crippen molar-refractivity contribution in [2.24, 2.45) is 5.73 Å². The van der Waals surface area contributed by atoms with Crippen molar-refractivity contribution in [3.63, 3.8) is 0 Å². The number of nitrogens with two attached hydrogens (primary N) is 1. The lowest BCUT2D eigenvalue weighted by Crippen LogP contribution is -2.37. The van der Waals surface area contributed by atoms with Crippen LogP contribution in [0, 0.1) is 0 Å². The molecular weight excluding hydrogens is 386 g/mol. The third-order valence-electron chi connectivity index (χ3n) is 4.94. The Bertz CT molecular complexity index is 863. The minimum Gasteiger partial charge on any atom is -0.493 e. The minimum atomic E-state index is -0.623. The average molecular weight is 413 g/mol. The van der Waals surface area contributed by atoms with Crippen molar-refractivity contribution >= 4 is 11.8 Å². The second-order valence-electron chi connectivity index (χ2n) is 7.14. The fourth-order valence-electron chi connectivity index (χ4n) is 3.50. The van der Waals surface area contributed by atoms with Gasteiger partial charge in [0.2, 0.25) is 5.75 Å². The molecule has 3 rings (SSSR count). The van der Waals surface area contributed by atoms with Gasteiger partial charge < -0.3 is 25.3 Å². The monoisotopic (exact) mass is 413 g/mol. The molecule has 0 aromatic heterocycles. The van der Waals surface area contributed by atoms with Crippen LogP contribution in [0.15, 0.2) is 42.5 Å². The maximum absolute atomic E-state index is 12.8. The Balaban J connectivity index is 1.65. The van der Waals surface area contributed by atoms with Gasteiger partial charge in [0.25, 0.3) is 11.8 Å². The molecule has 8 heteroatoms. The molecular formula is C22H27N3O5. The summed E-state index contributed by atoms with van der Waals surface area (Å²) in [6.45, 7) is 2.25. The molecule has 1 fully saturated rings. The smallest absolute Gasteiger partial charge is 0.255 e. The Labute approximate surface area is 175 Å². The summed E-state index contributed by atoms with van der Waals surface area (Å²) in [5.74, 6) is -0.0390. The molecule has 1 aliphatic rings. The first-order chi connectivity index (χ1) is 14.5. The normalized spacial score (nSPS) is 16.1. The summed E-state index contributed by atoms with van der Waals surface area (Å²) in [6, 6.07) is 13.5. The molecule has 8 nitrogen and oxygen atoms in total. The van der Waals surface area contributed by atoms with Crippen LogP contribution in [0.3, 0.4) is 0 Å². The third kappa shape index (κ3) is 5.42. The van der Waals surface area contributed by atoms with Crippen molar-refractivity contribution in [1.82, 2.24) is 10.2 Å². The zero-order chi connectivity index (χ0) is 21.5. The predicted molar refractivity (Wildman–Crippen MR) is 112 cm³/mol. The molecule has 30 heavy (non-hydrogen) atoms. The van der Waals surface area contributed by atoms with E-state index in [0.29, 0.717) is 5.56 Å². The fraction of sp³-hybridized carbons (Fsp3) is 0.364. The highest BCUT2D eigenvalue weighted by Gasteiger charge is 2.25. The topological polar surface area (TPSA) is 103 Å².